The maximum absolute atomic E-state index is 11.0. The molecule has 1 aliphatic heterocycles. The van der Waals surface area contributed by atoms with Crippen LogP contribution < -0.4 is 0 Å². The summed E-state index contributed by atoms with van der Waals surface area (Å²) in [5.41, 5.74) is -1.87. The molecule has 0 saturated carbocycles. The van der Waals surface area contributed by atoms with Gasteiger partial charge in [0.2, 0.25) is 0 Å². The van der Waals surface area contributed by atoms with E-state index >= 15 is 0 Å². The molecule has 0 unspecified atom stereocenters. The van der Waals surface area contributed by atoms with Crippen LogP contribution in [0.5, 0.6) is 0 Å². The van der Waals surface area contributed by atoms with Crippen LogP contribution in [0, 0.1) is 0 Å². The van der Waals surface area contributed by atoms with Gasteiger partial charge < -0.3 is 14.9 Å². The highest BCUT2D eigenvalue weighted by Gasteiger charge is 2.38. The molecule has 0 saturated heterocycles. The summed E-state index contributed by atoms with van der Waals surface area (Å²) in [6.07, 6.45) is 1.14. The minimum Gasteiger partial charge on any atom is -0.478 e. The van der Waals surface area contributed by atoms with Crippen molar-refractivity contribution >= 4 is 11.9 Å². The van der Waals surface area contributed by atoms with E-state index in [0.717, 1.165) is 6.08 Å². The number of carbonyl (C=O) groups is 2. The fourth-order valence-electron chi connectivity index (χ4n) is 1.03. The van der Waals surface area contributed by atoms with Crippen LogP contribution in [0.15, 0.2) is 11.6 Å². The number of ether oxygens (including phenoxy) is 1. The van der Waals surface area contributed by atoms with Crippen molar-refractivity contribution < 1.29 is 24.5 Å². The van der Waals surface area contributed by atoms with Crippen molar-refractivity contribution in [3.8, 4) is 0 Å². The van der Waals surface area contributed by atoms with Gasteiger partial charge in [-0.1, -0.05) is 6.92 Å². The van der Waals surface area contributed by atoms with Gasteiger partial charge in [-0.05, 0) is 12.5 Å². The molecular formula is C8H10O5. The molecule has 2 N–H and O–H groups in total. The van der Waals surface area contributed by atoms with Gasteiger partial charge in [-0.25, -0.2) is 9.59 Å². The third kappa shape index (κ3) is 1.70. The van der Waals surface area contributed by atoms with Crippen LogP contribution in [-0.2, 0) is 14.3 Å². The average molecular weight is 186 g/mol. The van der Waals surface area contributed by atoms with Crippen LogP contribution in [0.4, 0.5) is 0 Å². The van der Waals surface area contributed by atoms with Gasteiger partial charge in [0.15, 0.2) is 5.60 Å². The molecule has 13 heavy (non-hydrogen) atoms. The van der Waals surface area contributed by atoms with Crippen LogP contribution in [0.2, 0.25) is 0 Å². The second-order valence-electron chi connectivity index (χ2n) is 2.83. The van der Waals surface area contributed by atoms with Gasteiger partial charge >= 0.3 is 11.9 Å². The van der Waals surface area contributed by atoms with Gasteiger partial charge in [0, 0.05) is 0 Å². The maximum atomic E-state index is 11.0. The summed E-state index contributed by atoms with van der Waals surface area (Å²) < 4.78 is 4.52. The van der Waals surface area contributed by atoms with Gasteiger partial charge in [-0.15, -0.1) is 0 Å². The molecule has 5 nitrogen and oxygen atoms in total. The number of carboxylic acids is 1. The lowest BCUT2D eigenvalue weighted by atomic mass is 9.96. The molecular weight excluding hydrogens is 176 g/mol. The minimum atomic E-state index is -1.77. The quantitative estimate of drug-likeness (QED) is 0.578. The van der Waals surface area contributed by atoms with Crippen molar-refractivity contribution in [1.82, 2.24) is 0 Å². The second kappa shape index (κ2) is 3.18. The lowest BCUT2D eigenvalue weighted by Crippen LogP contribution is -2.42. The Kier molecular flexibility index (Phi) is 2.38. The van der Waals surface area contributed by atoms with E-state index in [1.54, 1.807) is 6.92 Å². The predicted molar refractivity (Wildman–Crippen MR) is 41.9 cm³/mol. The molecule has 0 spiro atoms. The van der Waals surface area contributed by atoms with E-state index in [4.69, 9.17) is 5.11 Å². The van der Waals surface area contributed by atoms with Crippen LogP contribution in [0.3, 0.4) is 0 Å². The third-order valence-corrected chi connectivity index (χ3v) is 1.94. The van der Waals surface area contributed by atoms with Crippen molar-refractivity contribution in [2.75, 3.05) is 6.61 Å². The Hall–Kier alpha value is -1.36. The van der Waals surface area contributed by atoms with Crippen molar-refractivity contribution in [3.05, 3.63) is 11.6 Å². The van der Waals surface area contributed by atoms with E-state index in [-0.39, 0.29) is 18.6 Å². The molecule has 0 bridgehead atoms. The summed E-state index contributed by atoms with van der Waals surface area (Å²) in [7, 11) is 0. The van der Waals surface area contributed by atoms with E-state index < -0.39 is 17.5 Å². The zero-order valence-electron chi connectivity index (χ0n) is 7.11. The molecule has 1 heterocycles. The Bertz CT molecular complexity index is 280. The Balaban J connectivity index is 3.00. The van der Waals surface area contributed by atoms with Crippen LogP contribution >= 0.6 is 0 Å². The summed E-state index contributed by atoms with van der Waals surface area (Å²) in [6, 6.07) is 0. The summed E-state index contributed by atoms with van der Waals surface area (Å²) in [6.45, 7) is 1.29. The number of hydrogen-bond acceptors (Lipinski definition) is 4. The summed E-state index contributed by atoms with van der Waals surface area (Å²) in [4.78, 5) is 21.5. The highest BCUT2D eigenvalue weighted by molar-refractivity contribution is 5.93. The number of carbonyl (C=O) groups excluding carboxylic acids is 1. The smallest absolute Gasteiger partial charge is 0.342 e. The average Bonchev–Trinajstić information content (AvgIpc) is 2.09. The topological polar surface area (TPSA) is 83.8 Å². The number of esters is 1. The highest BCUT2D eigenvalue weighted by atomic mass is 16.6. The minimum absolute atomic E-state index is 0.0936. The summed E-state index contributed by atoms with van der Waals surface area (Å²) in [5, 5.41) is 18.1. The van der Waals surface area contributed by atoms with Gasteiger partial charge in [-0.3, -0.25) is 0 Å². The molecule has 0 amide bonds. The van der Waals surface area contributed by atoms with Crippen LogP contribution in [0.25, 0.3) is 0 Å². The Labute approximate surface area is 74.6 Å². The second-order valence-corrected chi connectivity index (χ2v) is 2.83. The Morgan fingerprint density at radius 2 is 2.38 bits per heavy atom. The van der Waals surface area contributed by atoms with E-state index in [9.17, 15) is 14.7 Å². The molecule has 0 aromatic heterocycles. The molecule has 72 valence electrons. The van der Waals surface area contributed by atoms with Crippen molar-refractivity contribution in [2.45, 2.75) is 18.9 Å². The van der Waals surface area contributed by atoms with E-state index in [1.807, 2.05) is 0 Å². The Morgan fingerprint density at radius 3 is 2.85 bits per heavy atom. The lowest BCUT2D eigenvalue weighted by Gasteiger charge is -2.25. The van der Waals surface area contributed by atoms with E-state index in [1.165, 1.54) is 0 Å². The molecule has 0 aliphatic carbocycles. The standard InChI is InChI=1S/C8H10O5/c1-2-8(12)3-5(6(9)10)4-13-7(8)11/h3,12H,2,4H2,1H3,(H,9,10)/t8-/m0/s1. The molecule has 1 aliphatic rings. The summed E-state index contributed by atoms with van der Waals surface area (Å²) in [5.74, 6) is -1.97. The zero-order valence-corrected chi connectivity index (χ0v) is 7.11. The van der Waals surface area contributed by atoms with E-state index in [2.05, 4.69) is 4.74 Å². The fraction of sp³-hybridized carbons (Fsp3) is 0.500. The first-order valence-electron chi connectivity index (χ1n) is 3.84. The number of rotatable bonds is 2. The SMILES string of the molecule is CC[C@]1(O)C=C(C(=O)O)COC1=O. The molecule has 0 aromatic carbocycles. The third-order valence-electron chi connectivity index (χ3n) is 1.94. The molecule has 5 heteroatoms. The van der Waals surface area contributed by atoms with Gasteiger partial charge in [0.1, 0.15) is 6.61 Å². The molecule has 0 aromatic rings. The van der Waals surface area contributed by atoms with E-state index in [0.29, 0.717) is 0 Å². The highest BCUT2D eigenvalue weighted by Crippen LogP contribution is 2.21. The number of carboxylic acid groups (broad SMARTS) is 1. The summed E-state index contributed by atoms with van der Waals surface area (Å²) >= 11 is 0. The molecule has 1 atom stereocenters. The van der Waals surface area contributed by atoms with Crippen molar-refractivity contribution in [3.63, 3.8) is 0 Å². The number of cyclic esters (lactones) is 1. The largest absolute Gasteiger partial charge is 0.478 e. The van der Waals surface area contributed by atoms with Crippen molar-refractivity contribution in [2.24, 2.45) is 0 Å². The zero-order chi connectivity index (χ0) is 10.1. The van der Waals surface area contributed by atoms with Crippen LogP contribution in [-0.4, -0.2) is 34.4 Å². The number of aliphatic hydroxyl groups is 1. The number of aliphatic carboxylic acids is 1. The predicted octanol–water partition coefficient (Wildman–Crippen LogP) is -0.305. The maximum Gasteiger partial charge on any atom is 0.342 e. The van der Waals surface area contributed by atoms with Gasteiger partial charge in [0.25, 0.3) is 0 Å². The lowest BCUT2D eigenvalue weighted by molar-refractivity contribution is -0.162. The molecule has 0 radical (unpaired) electrons. The first-order valence-corrected chi connectivity index (χ1v) is 3.84. The van der Waals surface area contributed by atoms with Crippen molar-refractivity contribution in [1.29, 1.82) is 0 Å². The monoisotopic (exact) mass is 186 g/mol. The van der Waals surface area contributed by atoms with Gasteiger partial charge in [0.05, 0.1) is 5.57 Å². The Morgan fingerprint density at radius 1 is 1.77 bits per heavy atom. The fourth-order valence-corrected chi connectivity index (χ4v) is 1.03. The first-order chi connectivity index (χ1) is 5.99. The van der Waals surface area contributed by atoms with Gasteiger partial charge in [-0.2, -0.15) is 0 Å². The molecule has 0 fully saturated rings. The number of hydrogen-bond donors (Lipinski definition) is 2. The molecule has 1 rings (SSSR count). The normalized spacial score (nSPS) is 27.8. The van der Waals surface area contributed by atoms with Crippen LogP contribution in [0.1, 0.15) is 13.3 Å². The first kappa shape index (κ1) is 9.73.